The molecule has 1 aromatic carbocycles. The number of phenols is 1. The Hall–Kier alpha value is -0.680. The normalized spacial score (nSPS) is 12.8. The van der Waals surface area contributed by atoms with E-state index < -0.39 is 31.6 Å². The van der Waals surface area contributed by atoms with Crippen LogP contribution in [-0.2, 0) is 9.13 Å². The molecule has 84 valence electrons. The first-order chi connectivity index (χ1) is 6.62. The summed E-state index contributed by atoms with van der Waals surface area (Å²) in [5.41, 5.74) is 0. The third-order valence-electron chi connectivity index (χ3n) is 1.61. The van der Waals surface area contributed by atoms with Gasteiger partial charge in [-0.25, -0.2) is 0 Å². The molecule has 1 rings (SSSR count). The maximum Gasteiger partial charge on any atom is 0.359 e. The highest BCUT2D eigenvalue weighted by molar-refractivity contribution is 7.62. The van der Waals surface area contributed by atoms with Gasteiger partial charge in [0.05, 0.1) is 5.30 Å². The van der Waals surface area contributed by atoms with Crippen LogP contribution >= 0.6 is 15.2 Å². The van der Waals surface area contributed by atoms with Crippen LogP contribution in [0.2, 0.25) is 0 Å². The third kappa shape index (κ3) is 2.89. The fraction of sp³-hybridized carbons (Fsp3) is 0. The highest BCUT2D eigenvalue weighted by atomic mass is 31.2. The van der Waals surface area contributed by atoms with Crippen molar-refractivity contribution in [2.45, 2.75) is 0 Å². The van der Waals surface area contributed by atoms with Crippen molar-refractivity contribution in [2.75, 3.05) is 0 Å². The minimum absolute atomic E-state index is 0.557. The zero-order valence-electron chi connectivity index (χ0n) is 7.18. The Morgan fingerprint density at radius 3 is 1.87 bits per heavy atom. The van der Waals surface area contributed by atoms with Crippen molar-refractivity contribution in [3.8, 4) is 5.75 Å². The van der Waals surface area contributed by atoms with Gasteiger partial charge in [-0.3, -0.25) is 9.13 Å². The average molecular weight is 254 g/mol. The standard InChI is InChI=1S/C6H8O7P2/c7-5-2-1-4(14(8,9)10)3-6(5)15(11,12)13/h1-3,7H,(H2,8,9,10)(H2,11,12,13). The predicted octanol–water partition coefficient (Wildman–Crippen LogP) is -1.00. The molecular weight excluding hydrogens is 246 g/mol. The van der Waals surface area contributed by atoms with Gasteiger partial charge in [-0.15, -0.1) is 0 Å². The monoisotopic (exact) mass is 254 g/mol. The first-order valence-electron chi connectivity index (χ1n) is 3.57. The van der Waals surface area contributed by atoms with E-state index in [1.807, 2.05) is 0 Å². The Morgan fingerprint density at radius 1 is 0.933 bits per heavy atom. The molecule has 0 atom stereocenters. The lowest BCUT2D eigenvalue weighted by molar-refractivity contribution is 0.384. The second-order valence-corrected chi connectivity index (χ2v) is 5.94. The van der Waals surface area contributed by atoms with Crippen molar-refractivity contribution in [3.63, 3.8) is 0 Å². The Bertz CT molecular complexity index is 470. The maximum atomic E-state index is 10.8. The minimum Gasteiger partial charge on any atom is -0.507 e. The van der Waals surface area contributed by atoms with Crippen LogP contribution in [0.15, 0.2) is 18.2 Å². The number of hydrogen-bond acceptors (Lipinski definition) is 3. The van der Waals surface area contributed by atoms with Gasteiger partial charge >= 0.3 is 15.2 Å². The Balaban J connectivity index is 3.43. The zero-order chi connectivity index (χ0) is 11.9. The van der Waals surface area contributed by atoms with Crippen molar-refractivity contribution in [1.82, 2.24) is 0 Å². The lowest BCUT2D eigenvalue weighted by Gasteiger charge is -2.09. The van der Waals surface area contributed by atoms with Crippen molar-refractivity contribution in [1.29, 1.82) is 0 Å². The third-order valence-corrected chi connectivity index (χ3v) is 3.55. The Kier molecular flexibility index (Phi) is 3.07. The summed E-state index contributed by atoms with van der Waals surface area (Å²) >= 11 is 0. The summed E-state index contributed by atoms with van der Waals surface area (Å²) in [5.74, 6) is -0.708. The molecular formula is C6H8O7P2. The van der Waals surface area contributed by atoms with E-state index in [4.69, 9.17) is 24.7 Å². The first kappa shape index (κ1) is 12.4. The summed E-state index contributed by atoms with van der Waals surface area (Å²) < 4.78 is 21.6. The number of rotatable bonds is 2. The minimum atomic E-state index is -4.75. The highest BCUT2D eigenvalue weighted by Gasteiger charge is 2.26. The molecule has 0 heterocycles. The van der Waals surface area contributed by atoms with Crippen LogP contribution in [-0.4, -0.2) is 24.7 Å². The number of phenolic OH excluding ortho intramolecular Hbond substituents is 1. The van der Waals surface area contributed by atoms with Crippen LogP contribution in [0.4, 0.5) is 0 Å². The van der Waals surface area contributed by atoms with E-state index in [1.54, 1.807) is 0 Å². The van der Waals surface area contributed by atoms with Gasteiger partial charge in [-0.1, -0.05) is 0 Å². The molecule has 0 aromatic heterocycles. The summed E-state index contributed by atoms with van der Waals surface area (Å²) in [7, 11) is -9.33. The van der Waals surface area contributed by atoms with E-state index >= 15 is 0 Å². The average Bonchev–Trinajstić information content (AvgIpc) is 2.00. The fourth-order valence-corrected chi connectivity index (χ4v) is 2.27. The van der Waals surface area contributed by atoms with E-state index in [0.29, 0.717) is 6.07 Å². The van der Waals surface area contributed by atoms with E-state index in [0.717, 1.165) is 12.1 Å². The molecule has 0 bridgehead atoms. The van der Waals surface area contributed by atoms with Gasteiger partial charge < -0.3 is 24.7 Å². The van der Waals surface area contributed by atoms with E-state index in [9.17, 15) is 9.13 Å². The zero-order valence-corrected chi connectivity index (χ0v) is 8.97. The molecule has 0 aliphatic rings. The molecule has 0 amide bonds. The van der Waals surface area contributed by atoms with Crippen LogP contribution in [0.25, 0.3) is 0 Å². The molecule has 0 saturated heterocycles. The van der Waals surface area contributed by atoms with Gasteiger partial charge in [0.25, 0.3) is 0 Å². The molecule has 0 aliphatic heterocycles. The first-order valence-corrected chi connectivity index (χ1v) is 6.80. The summed E-state index contributed by atoms with van der Waals surface area (Å²) in [6, 6.07) is 2.31. The number of aromatic hydroxyl groups is 1. The van der Waals surface area contributed by atoms with Crippen molar-refractivity contribution in [3.05, 3.63) is 18.2 Å². The molecule has 0 aliphatic carbocycles. The number of benzene rings is 1. The van der Waals surface area contributed by atoms with E-state index in [1.165, 1.54) is 0 Å². The molecule has 5 N–H and O–H groups in total. The quantitative estimate of drug-likeness (QED) is 0.427. The van der Waals surface area contributed by atoms with Crippen LogP contribution < -0.4 is 10.6 Å². The molecule has 0 fully saturated rings. The molecule has 1 aromatic rings. The second-order valence-electron chi connectivity index (χ2n) is 2.76. The van der Waals surface area contributed by atoms with Gasteiger partial charge in [0, 0.05) is 0 Å². The fourth-order valence-electron chi connectivity index (χ4n) is 0.926. The van der Waals surface area contributed by atoms with Gasteiger partial charge in [-0.05, 0) is 18.2 Å². The van der Waals surface area contributed by atoms with Crippen LogP contribution in [0.3, 0.4) is 0 Å². The summed E-state index contributed by atoms with van der Waals surface area (Å²) in [5, 5.41) is 7.73. The van der Waals surface area contributed by atoms with Gasteiger partial charge in [-0.2, -0.15) is 0 Å². The second kappa shape index (κ2) is 3.72. The van der Waals surface area contributed by atoms with Crippen LogP contribution in [0, 0.1) is 0 Å². The molecule has 0 unspecified atom stereocenters. The van der Waals surface area contributed by atoms with Gasteiger partial charge in [0.15, 0.2) is 0 Å². The van der Waals surface area contributed by atoms with Crippen LogP contribution in [0.5, 0.6) is 5.75 Å². The molecule has 0 radical (unpaired) electrons. The van der Waals surface area contributed by atoms with Crippen molar-refractivity contribution < 1.29 is 33.8 Å². The molecule has 7 nitrogen and oxygen atoms in total. The topological polar surface area (TPSA) is 135 Å². The Morgan fingerprint density at radius 2 is 1.47 bits per heavy atom. The maximum absolute atomic E-state index is 10.8. The summed E-state index contributed by atoms with van der Waals surface area (Å²) in [6.07, 6.45) is 0. The lowest BCUT2D eigenvalue weighted by Crippen LogP contribution is -2.13. The summed E-state index contributed by atoms with van der Waals surface area (Å²) in [6.45, 7) is 0. The number of hydrogen-bond donors (Lipinski definition) is 5. The Labute approximate surface area is 84.3 Å². The van der Waals surface area contributed by atoms with Gasteiger partial charge in [0.2, 0.25) is 0 Å². The van der Waals surface area contributed by atoms with E-state index in [2.05, 4.69) is 0 Å². The lowest BCUT2D eigenvalue weighted by atomic mass is 10.3. The van der Waals surface area contributed by atoms with Crippen molar-refractivity contribution >= 4 is 25.8 Å². The molecule has 0 saturated carbocycles. The molecule has 9 heteroatoms. The SMILES string of the molecule is O=P(O)(O)c1ccc(O)c(P(=O)(O)O)c1. The van der Waals surface area contributed by atoms with E-state index in [-0.39, 0.29) is 0 Å². The van der Waals surface area contributed by atoms with Gasteiger partial charge in [0.1, 0.15) is 11.1 Å². The van der Waals surface area contributed by atoms with Crippen molar-refractivity contribution in [2.24, 2.45) is 0 Å². The largest absolute Gasteiger partial charge is 0.507 e. The predicted molar refractivity (Wildman–Crippen MR) is 51.5 cm³/mol. The molecule has 0 spiro atoms. The van der Waals surface area contributed by atoms with Crippen LogP contribution in [0.1, 0.15) is 0 Å². The molecule has 15 heavy (non-hydrogen) atoms. The summed E-state index contributed by atoms with van der Waals surface area (Å²) in [4.78, 5) is 35.0. The highest BCUT2D eigenvalue weighted by Crippen LogP contribution is 2.39. The smallest absolute Gasteiger partial charge is 0.359 e.